The Morgan fingerprint density at radius 2 is 1.96 bits per heavy atom. The lowest BCUT2D eigenvalue weighted by Gasteiger charge is -2.17. The van der Waals surface area contributed by atoms with Gasteiger partial charge in [0.15, 0.2) is 0 Å². The van der Waals surface area contributed by atoms with E-state index in [1.54, 1.807) is 6.07 Å². The maximum absolute atomic E-state index is 13.8. The fourth-order valence-electron chi connectivity index (χ4n) is 3.41. The lowest BCUT2D eigenvalue weighted by atomic mass is 9.87. The second-order valence-electron chi connectivity index (χ2n) is 6.12. The Morgan fingerprint density at radius 1 is 1.17 bits per heavy atom. The number of likely N-dealkylation sites (tertiary alicyclic amines) is 1. The summed E-state index contributed by atoms with van der Waals surface area (Å²) in [5, 5.41) is 0.139. The lowest BCUT2D eigenvalue weighted by Crippen LogP contribution is -2.20. The van der Waals surface area contributed by atoms with E-state index in [1.165, 1.54) is 11.6 Å². The summed E-state index contributed by atoms with van der Waals surface area (Å²) < 4.78 is 13.8. The number of carbonyl (C=O) groups is 1. The van der Waals surface area contributed by atoms with Gasteiger partial charge in [0.25, 0.3) is 0 Å². The van der Waals surface area contributed by atoms with Gasteiger partial charge in [0.1, 0.15) is 12.1 Å². The van der Waals surface area contributed by atoms with Crippen molar-refractivity contribution in [3.05, 3.63) is 70.5 Å². The van der Waals surface area contributed by atoms with Gasteiger partial charge in [-0.3, -0.25) is 4.90 Å². The number of carbonyl (C=O) groups excluding carboxylic acids is 1. The Bertz CT molecular complexity index is 676. The number of nitrogens with zero attached hydrogens (tertiary/aromatic N) is 1. The first-order valence-electron chi connectivity index (χ1n) is 7.82. The minimum atomic E-state index is -0.393. The Hall–Kier alpha value is -1.71. The molecule has 0 aliphatic carbocycles. The summed E-state index contributed by atoms with van der Waals surface area (Å²) >= 11 is 5.78. The molecule has 2 nitrogen and oxygen atoms in total. The van der Waals surface area contributed by atoms with Crippen LogP contribution in [-0.4, -0.2) is 24.3 Å². The standard InChI is InChI=1S/C19H19ClFNO/c20-18-7-6-15(10-19(18)21)17-13-22(12-16(17)8-9-23)11-14-4-2-1-3-5-14/h1-7,9-10,16-17H,8,11-13H2. The van der Waals surface area contributed by atoms with Crippen LogP contribution in [0, 0.1) is 11.7 Å². The smallest absolute Gasteiger partial charge is 0.142 e. The van der Waals surface area contributed by atoms with Crippen molar-refractivity contribution in [1.82, 2.24) is 4.90 Å². The molecule has 0 radical (unpaired) electrons. The molecule has 2 aromatic carbocycles. The second kappa shape index (κ2) is 7.24. The minimum Gasteiger partial charge on any atom is -0.303 e. The van der Waals surface area contributed by atoms with Gasteiger partial charge in [-0.2, -0.15) is 0 Å². The second-order valence-corrected chi connectivity index (χ2v) is 6.53. The summed E-state index contributed by atoms with van der Waals surface area (Å²) in [5.74, 6) is -0.0111. The van der Waals surface area contributed by atoms with Crippen molar-refractivity contribution in [3.63, 3.8) is 0 Å². The average molecular weight is 332 g/mol. The Labute approximate surface area is 140 Å². The molecule has 0 N–H and O–H groups in total. The highest BCUT2D eigenvalue weighted by Gasteiger charge is 2.33. The van der Waals surface area contributed by atoms with Gasteiger partial charge in [0.2, 0.25) is 0 Å². The monoisotopic (exact) mass is 331 g/mol. The third kappa shape index (κ3) is 3.80. The van der Waals surface area contributed by atoms with E-state index in [1.807, 2.05) is 24.3 Å². The molecule has 2 atom stereocenters. The number of hydrogen-bond donors (Lipinski definition) is 0. The normalized spacial score (nSPS) is 21.5. The summed E-state index contributed by atoms with van der Waals surface area (Å²) in [4.78, 5) is 13.3. The molecule has 1 heterocycles. The topological polar surface area (TPSA) is 20.3 Å². The van der Waals surface area contributed by atoms with Crippen LogP contribution in [0.15, 0.2) is 48.5 Å². The fraction of sp³-hybridized carbons (Fsp3) is 0.316. The zero-order valence-electron chi connectivity index (χ0n) is 12.8. The first-order valence-corrected chi connectivity index (χ1v) is 8.20. The van der Waals surface area contributed by atoms with E-state index in [-0.39, 0.29) is 16.9 Å². The van der Waals surface area contributed by atoms with Gasteiger partial charge in [0.05, 0.1) is 5.02 Å². The van der Waals surface area contributed by atoms with Gasteiger partial charge in [-0.05, 0) is 29.2 Å². The Morgan fingerprint density at radius 3 is 2.65 bits per heavy atom. The Kier molecular flexibility index (Phi) is 5.09. The van der Waals surface area contributed by atoms with Crippen molar-refractivity contribution in [3.8, 4) is 0 Å². The molecule has 0 amide bonds. The summed E-state index contributed by atoms with van der Waals surface area (Å²) in [5.41, 5.74) is 2.18. The molecule has 120 valence electrons. The van der Waals surface area contributed by atoms with Gasteiger partial charge in [-0.15, -0.1) is 0 Å². The molecule has 1 aliphatic rings. The number of halogens is 2. The average Bonchev–Trinajstić information content (AvgIpc) is 2.94. The lowest BCUT2D eigenvalue weighted by molar-refractivity contribution is -0.108. The van der Waals surface area contributed by atoms with Gasteiger partial charge in [-0.1, -0.05) is 48.0 Å². The van der Waals surface area contributed by atoms with E-state index >= 15 is 0 Å². The maximum Gasteiger partial charge on any atom is 0.142 e. The van der Waals surface area contributed by atoms with Gasteiger partial charge in [0, 0.05) is 32.0 Å². The molecule has 0 saturated carbocycles. The summed E-state index contributed by atoms with van der Waals surface area (Å²) in [6, 6.07) is 15.2. The van der Waals surface area contributed by atoms with Crippen LogP contribution in [0.1, 0.15) is 23.5 Å². The first kappa shape index (κ1) is 16.2. The van der Waals surface area contributed by atoms with Crippen LogP contribution in [0.25, 0.3) is 0 Å². The predicted octanol–water partition coefficient (Wildman–Crippen LogP) is 4.28. The minimum absolute atomic E-state index is 0.139. The molecule has 2 aromatic rings. The van der Waals surface area contributed by atoms with Gasteiger partial charge in [-0.25, -0.2) is 4.39 Å². The fourth-order valence-corrected chi connectivity index (χ4v) is 3.53. The molecule has 0 aromatic heterocycles. The van der Waals surface area contributed by atoms with E-state index in [9.17, 15) is 9.18 Å². The van der Waals surface area contributed by atoms with Crippen LogP contribution in [0.5, 0.6) is 0 Å². The van der Waals surface area contributed by atoms with Crippen LogP contribution in [0.3, 0.4) is 0 Å². The van der Waals surface area contributed by atoms with Crippen LogP contribution < -0.4 is 0 Å². The first-order chi connectivity index (χ1) is 11.2. The van der Waals surface area contributed by atoms with Crippen LogP contribution in [-0.2, 0) is 11.3 Å². The maximum atomic E-state index is 13.8. The molecular weight excluding hydrogens is 313 g/mol. The molecule has 23 heavy (non-hydrogen) atoms. The van der Waals surface area contributed by atoms with Crippen LogP contribution in [0.4, 0.5) is 4.39 Å². The highest BCUT2D eigenvalue weighted by molar-refractivity contribution is 6.30. The predicted molar refractivity (Wildman–Crippen MR) is 90.0 cm³/mol. The number of rotatable bonds is 5. The van der Waals surface area contributed by atoms with Crippen molar-refractivity contribution >= 4 is 17.9 Å². The van der Waals surface area contributed by atoms with Gasteiger partial charge >= 0.3 is 0 Å². The zero-order valence-corrected chi connectivity index (χ0v) is 13.5. The molecular formula is C19H19ClFNO. The summed E-state index contributed by atoms with van der Waals surface area (Å²) in [6.07, 6.45) is 1.47. The molecule has 2 unspecified atom stereocenters. The highest BCUT2D eigenvalue weighted by Crippen LogP contribution is 2.36. The quantitative estimate of drug-likeness (QED) is 0.762. The van der Waals surface area contributed by atoms with Crippen molar-refractivity contribution in [1.29, 1.82) is 0 Å². The Balaban J connectivity index is 1.78. The van der Waals surface area contributed by atoms with E-state index in [2.05, 4.69) is 17.0 Å². The van der Waals surface area contributed by atoms with E-state index < -0.39 is 5.82 Å². The van der Waals surface area contributed by atoms with Crippen molar-refractivity contribution in [2.45, 2.75) is 18.9 Å². The summed E-state index contributed by atoms with van der Waals surface area (Å²) in [6.45, 7) is 2.53. The largest absolute Gasteiger partial charge is 0.303 e. The van der Waals surface area contributed by atoms with E-state index in [0.717, 1.165) is 31.5 Å². The third-order valence-corrected chi connectivity index (χ3v) is 4.84. The number of benzene rings is 2. The number of hydrogen-bond acceptors (Lipinski definition) is 2. The molecule has 1 aliphatic heterocycles. The highest BCUT2D eigenvalue weighted by atomic mass is 35.5. The summed E-state index contributed by atoms with van der Waals surface area (Å²) in [7, 11) is 0. The number of aldehydes is 1. The molecule has 0 bridgehead atoms. The molecule has 1 saturated heterocycles. The molecule has 0 spiro atoms. The SMILES string of the molecule is O=CCC1CN(Cc2ccccc2)CC1c1ccc(Cl)c(F)c1. The van der Waals surface area contributed by atoms with E-state index in [4.69, 9.17) is 11.6 Å². The van der Waals surface area contributed by atoms with Crippen molar-refractivity contribution in [2.75, 3.05) is 13.1 Å². The van der Waals surface area contributed by atoms with Crippen molar-refractivity contribution < 1.29 is 9.18 Å². The molecule has 3 rings (SSSR count). The van der Waals surface area contributed by atoms with Crippen LogP contribution in [0.2, 0.25) is 5.02 Å². The third-order valence-electron chi connectivity index (χ3n) is 4.54. The van der Waals surface area contributed by atoms with E-state index in [0.29, 0.717) is 6.42 Å². The van der Waals surface area contributed by atoms with Crippen LogP contribution >= 0.6 is 11.6 Å². The zero-order chi connectivity index (χ0) is 16.2. The molecule has 4 heteroatoms. The van der Waals surface area contributed by atoms with Crippen molar-refractivity contribution in [2.24, 2.45) is 5.92 Å². The molecule has 1 fully saturated rings. The van der Waals surface area contributed by atoms with Gasteiger partial charge < -0.3 is 4.79 Å².